The maximum Gasteiger partial charge on any atom is 0.223 e. The molecule has 0 heterocycles. The fraction of sp³-hybridized carbons (Fsp3) is 0.619. The Labute approximate surface area is 150 Å². The van der Waals surface area contributed by atoms with Crippen LogP contribution in [0.4, 0.5) is 0 Å². The average Bonchev–Trinajstić information content (AvgIpc) is 2.51. The van der Waals surface area contributed by atoms with Crippen molar-refractivity contribution in [2.24, 2.45) is 11.8 Å². The summed E-state index contributed by atoms with van der Waals surface area (Å²) in [6, 6.07) is 0. The predicted octanol–water partition coefficient (Wildman–Crippen LogP) is 4.20. The van der Waals surface area contributed by atoms with E-state index in [0.29, 0.717) is 31.3 Å². The lowest BCUT2D eigenvalue weighted by atomic mass is 9.65. The van der Waals surface area contributed by atoms with E-state index in [1.54, 1.807) is 6.92 Å². The van der Waals surface area contributed by atoms with E-state index in [4.69, 9.17) is 0 Å². The number of hydrogen-bond acceptors (Lipinski definition) is 4. The molecule has 3 atom stereocenters. The van der Waals surface area contributed by atoms with Crippen LogP contribution in [0.2, 0.25) is 0 Å². The molecule has 2 rings (SSSR count). The number of allylic oxidation sites excluding steroid dienone is 4. The second kappa shape index (κ2) is 7.69. The molecule has 0 aliphatic heterocycles. The Kier molecular flexibility index (Phi) is 6.04. The Balaban J connectivity index is 2.32. The van der Waals surface area contributed by atoms with Gasteiger partial charge in [-0.25, -0.2) is 0 Å². The molecule has 0 aromatic rings. The summed E-state index contributed by atoms with van der Waals surface area (Å²) in [6.45, 7) is 9.72. The van der Waals surface area contributed by atoms with Crippen molar-refractivity contribution in [1.82, 2.24) is 0 Å². The number of Topliss-reactive ketones (excluding diaryl/α,β-unsaturated/α-hetero) is 1. The molecule has 0 radical (unpaired) electrons. The molecule has 0 bridgehead atoms. The van der Waals surface area contributed by atoms with Crippen molar-refractivity contribution in [2.75, 3.05) is 0 Å². The Morgan fingerprint density at radius 1 is 1.36 bits per heavy atom. The molecule has 0 amide bonds. The third-order valence-corrected chi connectivity index (χ3v) is 5.53. The van der Waals surface area contributed by atoms with Crippen LogP contribution in [-0.2, 0) is 9.59 Å². The minimum Gasteiger partial charge on any atom is -0.504 e. The maximum atomic E-state index is 12.7. The normalized spacial score (nSPS) is 30.5. The Morgan fingerprint density at radius 3 is 2.64 bits per heavy atom. The Hall–Kier alpha value is -1.68. The first kappa shape index (κ1) is 19.6. The van der Waals surface area contributed by atoms with E-state index in [2.05, 4.69) is 13.5 Å². The lowest BCUT2D eigenvalue weighted by Gasteiger charge is -2.41. The van der Waals surface area contributed by atoms with E-state index < -0.39 is 17.1 Å². The molecule has 0 aromatic heterocycles. The minimum atomic E-state index is -0.904. The highest BCUT2D eigenvalue weighted by atomic mass is 16.3. The topological polar surface area (TPSA) is 74.6 Å². The van der Waals surface area contributed by atoms with Gasteiger partial charge in [-0.05, 0) is 57.9 Å². The smallest absolute Gasteiger partial charge is 0.223 e. The van der Waals surface area contributed by atoms with Crippen molar-refractivity contribution in [3.63, 3.8) is 0 Å². The molecule has 3 unspecified atom stereocenters. The van der Waals surface area contributed by atoms with Crippen LogP contribution >= 0.6 is 0 Å². The van der Waals surface area contributed by atoms with Crippen LogP contribution in [0.1, 0.15) is 65.7 Å². The fourth-order valence-corrected chi connectivity index (χ4v) is 4.08. The van der Waals surface area contributed by atoms with E-state index in [-0.39, 0.29) is 23.2 Å². The summed E-state index contributed by atoms with van der Waals surface area (Å²) in [7, 11) is 0. The molecular weight excluding hydrogens is 316 g/mol. The number of unbranched alkanes of at least 4 members (excludes halogenated alkanes) is 2. The fourth-order valence-electron chi connectivity index (χ4n) is 4.08. The molecule has 1 saturated carbocycles. The molecule has 2 aliphatic rings. The molecule has 4 heteroatoms. The molecule has 1 fully saturated rings. The summed E-state index contributed by atoms with van der Waals surface area (Å²) in [5.74, 6) is -1.53. The molecule has 25 heavy (non-hydrogen) atoms. The zero-order chi connectivity index (χ0) is 18.8. The Bertz CT molecular complexity index is 636. The van der Waals surface area contributed by atoms with Crippen molar-refractivity contribution in [3.8, 4) is 0 Å². The molecule has 2 aliphatic carbocycles. The first-order chi connectivity index (χ1) is 11.7. The van der Waals surface area contributed by atoms with Gasteiger partial charge in [-0.1, -0.05) is 31.9 Å². The van der Waals surface area contributed by atoms with Crippen LogP contribution in [0.5, 0.6) is 0 Å². The van der Waals surface area contributed by atoms with Crippen LogP contribution in [-0.4, -0.2) is 27.4 Å². The molecular formula is C21H30O4. The average molecular weight is 346 g/mol. The highest BCUT2D eigenvalue weighted by Gasteiger charge is 2.43. The zero-order valence-electron chi connectivity index (χ0n) is 15.6. The van der Waals surface area contributed by atoms with Crippen molar-refractivity contribution >= 4 is 11.6 Å². The summed E-state index contributed by atoms with van der Waals surface area (Å²) < 4.78 is 0. The van der Waals surface area contributed by atoms with Crippen LogP contribution in [0.15, 0.2) is 35.1 Å². The van der Waals surface area contributed by atoms with Crippen LogP contribution < -0.4 is 0 Å². The number of carbonyl (C=O) groups is 2. The third-order valence-electron chi connectivity index (χ3n) is 5.53. The first-order valence-electron chi connectivity index (χ1n) is 9.28. The Morgan fingerprint density at radius 2 is 2.04 bits per heavy atom. The standard InChI is InChI=1S/C21H30O4/c1-5-6-7-8-14-11-17(22)18(20(24)19(14)23)16-12-21(4,25)10-9-15(16)13(2)3/h11,15-16,24-25H,2,5-10,12H2,1,3-4H3. The number of rotatable bonds is 6. The van der Waals surface area contributed by atoms with E-state index in [9.17, 15) is 19.8 Å². The first-order valence-corrected chi connectivity index (χ1v) is 9.28. The highest BCUT2D eigenvalue weighted by Crippen LogP contribution is 2.45. The summed E-state index contributed by atoms with van der Waals surface area (Å²) in [5.41, 5.74) is 0.573. The van der Waals surface area contributed by atoms with Crippen molar-refractivity contribution in [2.45, 2.75) is 71.3 Å². The maximum absolute atomic E-state index is 12.7. The highest BCUT2D eigenvalue weighted by molar-refractivity contribution is 6.21. The molecule has 4 nitrogen and oxygen atoms in total. The SMILES string of the molecule is C=C(C)C1CCC(C)(O)CC1C1=C(O)C(=O)C(CCCCC)=CC1=O. The van der Waals surface area contributed by atoms with Gasteiger partial charge in [0.15, 0.2) is 11.5 Å². The molecule has 0 saturated heterocycles. The third kappa shape index (κ3) is 4.30. The minimum absolute atomic E-state index is 0.0100. The number of carbonyl (C=O) groups excluding carboxylic acids is 2. The summed E-state index contributed by atoms with van der Waals surface area (Å²) in [5, 5.41) is 21.0. The van der Waals surface area contributed by atoms with E-state index in [0.717, 1.165) is 24.8 Å². The molecule has 0 spiro atoms. The lowest BCUT2D eigenvalue weighted by molar-refractivity contribution is -0.119. The van der Waals surface area contributed by atoms with Gasteiger partial charge in [-0.2, -0.15) is 0 Å². The van der Waals surface area contributed by atoms with Crippen molar-refractivity contribution < 1.29 is 19.8 Å². The van der Waals surface area contributed by atoms with Gasteiger partial charge in [0.05, 0.1) is 5.60 Å². The number of aliphatic hydroxyl groups is 2. The monoisotopic (exact) mass is 346 g/mol. The van der Waals surface area contributed by atoms with Crippen molar-refractivity contribution in [3.05, 3.63) is 35.1 Å². The molecule has 138 valence electrons. The van der Waals surface area contributed by atoms with Gasteiger partial charge in [0.1, 0.15) is 0 Å². The van der Waals surface area contributed by atoms with Gasteiger partial charge in [0, 0.05) is 17.1 Å². The van der Waals surface area contributed by atoms with E-state index in [1.165, 1.54) is 6.08 Å². The largest absolute Gasteiger partial charge is 0.504 e. The van der Waals surface area contributed by atoms with Crippen LogP contribution in [0.25, 0.3) is 0 Å². The van der Waals surface area contributed by atoms with Crippen LogP contribution in [0.3, 0.4) is 0 Å². The van der Waals surface area contributed by atoms with Gasteiger partial charge >= 0.3 is 0 Å². The number of ketones is 2. The van der Waals surface area contributed by atoms with Gasteiger partial charge in [-0.15, -0.1) is 0 Å². The summed E-state index contributed by atoms with van der Waals surface area (Å²) in [4.78, 5) is 25.3. The number of aliphatic hydroxyl groups excluding tert-OH is 1. The van der Waals surface area contributed by atoms with Gasteiger partial charge in [0.2, 0.25) is 5.78 Å². The lowest BCUT2D eigenvalue weighted by Crippen LogP contribution is -2.40. The quantitative estimate of drug-likeness (QED) is 0.429. The van der Waals surface area contributed by atoms with Crippen LogP contribution in [0, 0.1) is 11.8 Å². The second-order valence-corrected chi connectivity index (χ2v) is 7.88. The van der Waals surface area contributed by atoms with Gasteiger partial charge < -0.3 is 10.2 Å². The van der Waals surface area contributed by atoms with Gasteiger partial charge in [0.25, 0.3) is 0 Å². The van der Waals surface area contributed by atoms with Gasteiger partial charge in [-0.3, -0.25) is 9.59 Å². The van der Waals surface area contributed by atoms with Crippen molar-refractivity contribution in [1.29, 1.82) is 0 Å². The van der Waals surface area contributed by atoms with E-state index in [1.807, 2.05) is 6.92 Å². The number of hydrogen-bond donors (Lipinski definition) is 2. The zero-order valence-corrected chi connectivity index (χ0v) is 15.6. The van der Waals surface area contributed by atoms with E-state index >= 15 is 0 Å². The second-order valence-electron chi connectivity index (χ2n) is 7.88. The molecule has 2 N–H and O–H groups in total. The predicted molar refractivity (Wildman–Crippen MR) is 98.2 cm³/mol. The summed E-state index contributed by atoms with van der Waals surface area (Å²) >= 11 is 0. The molecule has 0 aromatic carbocycles. The summed E-state index contributed by atoms with van der Waals surface area (Å²) in [6.07, 6.45) is 6.42.